The summed E-state index contributed by atoms with van der Waals surface area (Å²) >= 11 is 0. The van der Waals surface area contributed by atoms with Gasteiger partial charge >= 0.3 is 0 Å². The Kier molecular flexibility index (Phi) is 3.88. The first-order chi connectivity index (χ1) is 10.1. The summed E-state index contributed by atoms with van der Waals surface area (Å²) in [5, 5.41) is 9.87. The Hall–Kier alpha value is -1.57. The van der Waals surface area contributed by atoms with Crippen LogP contribution in [0.4, 0.5) is 0 Å². The molecule has 1 aliphatic heterocycles. The van der Waals surface area contributed by atoms with Gasteiger partial charge in [0.2, 0.25) is 0 Å². The van der Waals surface area contributed by atoms with Gasteiger partial charge in [0, 0.05) is 18.3 Å². The molecule has 0 saturated heterocycles. The summed E-state index contributed by atoms with van der Waals surface area (Å²) in [5.74, 6) is 0.842. The second kappa shape index (κ2) is 5.67. The Labute approximate surface area is 125 Å². The van der Waals surface area contributed by atoms with Crippen molar-refractivity contribution >= 4 is 12.7 Å². The minimum Gasteiger partial charge on any atom is -0.439 e. The normalized spacial score (nSPS) is 21.0. The van der Waals surface area contributed by atoms with E-state index in [-0.39, 0.29) is 12.5 Å². The van der Waals surface area contributed by atoms with Crippen molar-refractivity contribution in [2.24, 2.45) is 5.92 Å². The average Bonchev–Trinajstić information content (AvgIpc) is 2.47. The molecule has 0 saturated carbocycles. The van der Waals surface area contributed by atoms with Crippen LogP contribution in [0.25, 0.3) is 11.1 Å². The molecular weight excluding hydrogens is 283 g/mol. The van der Waals surface area contributed by atoms with E-state index >= 15 is 0 Å². The summed E-state index contributed by atoms with van der Waals surface area (Å²) in [7, 11) is -2.93. The molecule has 0 aromatic heterocycles. The van der Waals surface area contributed by atoms with Crippen LogP contribution in [-0.2, 0) is 4.57 Å². The molecule has 0 amide bonds. The Morgan fingerprint density at radius 3 is 2.52 bits per heavy atom. The van der Waals surface area contributed by atoms with Gasteiger partial charge in [0.1, 0.15) is 5.75 Å². The number of rotatable bonds is 4. The molecule has 0 aliphatic carbocycles. The van der Waals surface area contributed by atoms with Gasteiger partial charge in [0.25, 0.3) is 7.37 Å². The number of benzene rings is 2. The molecule has 0 fully saturated rings. The van der Waals surface area contributed by atoms with E-state index in [0.717, 1.165) is 16.4 Å². The van der Waals surface area contributed by atoms with E-state index in [2.05, 4.69) is 0 Å². The summed E-state index contributed by atoms with van der Waals surface area (Å²) in [6, 6.07) is 15.5. The summed E-state index contributed by atoms with van der Waals surface area (Å²) < 4.78 is 19.3. The van der Waals surface area contributed by atoms with Gasteiger partial charge in [-0.25, -0.2) is 0 Å². The average molecular weight is 302 g/mol. The lowest BCUT2D eigenvalue weighted by atomic mass is 10.0. The first-order valence-electron chi connectivity index (χ1n) is 7.22. The SMILES string of the molecule is CC(CCO)CP1(=O)Oc2ccccc2-c2ccccc21. The van der Waals surface area contributed by atoms with E-state index in [1.54, 1.807) is 0 Å². The molecule has 2 aromatic carbocycles. The maximum absolute atomic E-state index is 13.4. The van der Waals surface area contributed by atoms with Crippen molar-refractivity contribution in [2.75, 3.05) is 12.8 Å². The van der Waals surface area contributed by atoms with E-state index in [9.17, 15) is 4.57 Å². The predicted octanol–water partition coefficient (Wildman–Crippen LogP) is 3.67. The maximum atomic E-state index is 13.4. The van der Waals surface area contributed by atoms with Crippen LogP contribution >= 0.6 is 7.37 Å². The van der Waals surface area contributed by atoms with Crippen LogP contribution in [0.2, 0.25) is 0 Å². The van der Waals surface area contributed by atoms with Crippen LogP contribution in [0.5, 0.6) is 5.75 Å². The molecule has 2 aromatic rings. The van der Waals surface area contributed by atoms with Gasteiger partial charge in [0.05, 0.1) is 5.30 Å². The number of hydrogen-bond acceptors (Lipinski definition) is 3. The van der Waals surface area contributed by atoms with Gasteiger partial charge in [-0.1, -0.05) is 43.3 Å². The van der Waals surface area contributed by atoms with Crippen molar-refractivity contribution in [3.63, 3.8) is 0 Å². The number of aliphatic hydroxyl groups is 1. The molecule has 0 radical (unpaired) electrons. The van der Waals surface area contributed by atoms with Crippen LogP contribution < -0.4 is 9.83 Å². The van der Waals surface area contributed by atoms with Crippen molar-refractivity contribution in [3.8, 4) is 16.9 Å². The van der Waals surface area contributed by atoms with Crippen LogP contribution in [-0.4, -0.2) is 17.9 Å². The van der Waals surface area contributed by atoms with Gasteiger partial charge in [-0.3, -0.25) is 4.57 Å². The fourth-order valence-corrected chi connectivity index (χ4v) is 5.56. The zero-order valence-corrected chi connectivity index (χ0v) is 12.9. The van der Waals surface area contributed by atoms with Gasteiger partial charge < -0.3 is 9.63 Å². The molecular formula is C17H19O3P. The highest BCUT2D eigenvalue weighted by atomic mass is 31.2. The van der Waals surface area contributed by atoms with E-state index in [1.165, 1.54) is 0 Å². The number of hydrogen-bond donors (Lipinski definition) is 1. The largest absolute Gasteiger partial charge is 0.439 e. The van der Waals surface area contributed by atoms with Crippen molar-refractivity contribution < 1.29 is 14.2 Å². The maximum Gasteiger partial charge on any atom is 0.278 e. The Morgan fingerprint density at radius 1 is 1.10 bits per heavy atom. The van der Waals surface area contributed by atoms with Crippen LogP contribution in [0.3, 0.4) is 0 Å². The van der Waals surface area contributed by atoms with Crippen LogP contribution in [0, 0.1) is 5.92 Å². The van der Waals surface area contributed by atoms with Crippen molar-refractivity contribution in [3.05, 3.63) is 48.5 Å². The Morgan fingerprint density at radius 2 is 1.76 bits per heavy atom. The topological polar surface area (TPSA) is 46.5 Å². The third-order valence-corrected chi connectivity index (χ3v) is 6.59. The smallest absolute Gasteiger partial charge is 0.278 e. The van der Waals surface area contributed by atoms with E-state index in [0.29, 0.717) is 18.3 Å². The fourth-order valence-electron chi connectivity index (χ4n) is 2.83. The minimum atomic E-state index is -2.93. The summed E-state index contributed by atoms with van der Waals surface area (Å²) in [5.41, 5.74) is 1.99. The quantitative estimate of drug-likeness (QED) is 0.877. The Balaban J connectivity index is 2.07. The molecule has 4 heteroatoms. The summed E-state index contributed by atoms with van der Waals surface area (Å²) in [4.78, 5) is 0. The molecule has 1 aliphatic rings. The highest BCUT2D eigenvalue weighted by Gasteiger charge is 2.36. The zero-order valence-electron chi connectivity index (χ0n) is 12.0. The second-order valence-corrected chi connectivity index (χ2v) is 7.95. The van der Waals surface area contributed by atoms with Crippen LogP contribution in [0.1, 0.15) is 13.3 Å². The molecule has 0 bridgehead atoms. The van der Waals surface area contributed by atoms with Crippen molar-refractivity contribution in [1.29, 1.82) is 0 Å². The second-order valence-electron chi connectivity index (χ2n) is 5.58. The van der Waals surface area contributed by atoms with E-state index < -0.39 is 7.37 Å². The molecule has 1 N–H and O–H groups in total. The van der Waals surface area contributed by atoms with E-state index in [1.807, 2.05) is 55.5 Å². The van der Waals surface area contributed by atoms with E-state index in [4.69, 9.17) is 9.63 Å². The van der Waals surface area contributed by atoms with Gasteiger partial charge in [-0.2, -0.15) is 0 Å². The molecule has 1 heterocycles. The summed E-state index contributed by atoms with van der Waals surface area (Å²) in [6.45, 7) is 2.11. The fraction of sp³-hybridized carbons (Fsp3) is 0.294. The monoisotopic (exact) mass is 302 g/mol. The highest BCUT2D eigenvalue weighted by molar-refractivity contribution is 7.67. The van der Waals surface area contributed by atoms with Gasteiger partial charge in [0.15, 0.2) is 0 Å². The number of para-hydroxylation sites is 1. The lowest BCUT2D eigenvalue weighted by Gasteiger charge is -2.30. The molecule has 2 unspecified atom stereocenters. The summed E-state index contributed by atoms with van der Waals surface area (Å²) in [6.07, 6.45) is 1.09. The zero-order chi connectivity index (χ0) is 14.9. The molecule has 3 rings (SSSR count). The third kappa shape index (κ3) is 2.64. The number of fused-ring (bicyclic) bond motifs is 3. The van der Waals surface area contributed by atoms with Crippen LogP contribution in [0.15, 0.2) is 48.5 Å². The molecule has 110 valence electrons. The van der Waals surface area contributed by atoms with Crippen molar-refractivity contribution in [2.45, 2.75) is 13.3 Å². The lowest BCUT2D eigenvalue weighted by molar-refractivity contribution is 0.267. The molecule has 0 spiro atoms. The number of aliphatic hydroxyl groups excluding tert-OH is 1. The third-order valence-electron chi connectivity index (χ3n) is 3.87. The van der Waals surface area contributed by atoms with Crippen molar-refractivity contribution in [1.82, 2.24) is 0 Å². The first kappa shape index (κ1) is 14.4. The first-order valence-corrected chi connectivity index (χ1v) is 9.03. The van der Waals surface area contributed by atoms with Gasteiger partial charge in [-0.15, -0.1) is 0 Å². The Bertz CT molecular complexity index is 696. The molecule has 3 nitrogen and oxygen atoms in total. The van der Waals surface area contributed by atoms with Gasteiger partial charge in [-0.05, 0) is 30.0 Å². The highest BCUT2D eigenvalue weighted by Crippen LogP contribution is 2.55. The minimum absolute atomic E-state index is 0.111. The predicted molar refractivity (Wildman–Crippen MR) is 85.5 cm³/mol. The molecule has 21 heavy (non-hydrogen) atoms. The molecule has 2 atom stereocenters. The lowest BCUT2D eigenvalue weighted by Crippen LogP contribution is -2.22. The standard InChI is InChI=1S/C17H19O3P/c1-13(10-11-18)12-21(19)17-9-5-3-7-15(17)14-6-2-4-8-16(14)20-21/h2-9,13,18H,10-12H2,1H3.